The summed E-state index contributed by atoms with van der Waals surface area (Å²) < 4.78 is 2.12. The van der Waals surface area contributed by atoms with Crippen LogP contribution in [0.25, 0.3) is 0 Å². The Balaban J connectivity index is 1.56. The summed E-state index contributed by atoms with van der Waals surface area (Å²) >= 11 is 0. The Morgan fingerprint density at radius 1 is 1.09 bits per heavy atom. The Kier molecular flexibility index (Phi) is 4.43. The lowest BCUT2D eigenvalue weighted by Crippen LogP contribution is -2.52. The number of benzene rings is 1. The maximum absolute atomic E-state index is 4.04. The SMILES string of the molecule is Cc1ccc(N2CCN(CCn3cnnc3C)[C@H](C)C2)cc1. The van der Waals surface area contributed by atoms with Gasteiger partial charge >= 0.3 is 0 Å². The van der Waals surface area contributed by atoms with Gasteiger partial charge in [0.2, 0.25) is 0 Å². The van der Waals surface area contributed by atoms with Crippen LogP contribution < -0.4 is 4.90 Å². The molecule has 0 saturated carbocycles. The molecule has 0 amide bonds. The average Bonchev–Trinajstić information content (AvgIpc) is 2.92. The van der Waals surface area contributed by atoms with Gasteiger partial charge in [0.25, 0.3) is 0 Å². The van der Waals surface area contributed by atoms with E-state index in [4.69, 9.17) is 0 Å². The molecule has 0 N–H and O–H groups in total. The quantitative estimate of drug-likeness (QED) is 0.866. The minimum atomic E-state index is 0.562. The molecule has 0 aliphatic carbocycles. The maximum Gasteiger partial charge on any atom is 0.129 e. The Morgan fingerprint density at radius 2 is 1.86 bits per heavy atom. The van der Waals surface area contributed by atoms with Gasteiger partial charge in [0.1, 0.15) is 12.2 Å². The zero-order valence-electron chi connectivity index (χ0n) is 13.7. The third kappa shape index (κ3) is 3.30. The van der Waals surface area contributed by atoms with Crippen molar-refractivity contribution in [3.63, 3.8) is 0 Å². The fourth-order valence-corrected chi connectivity index (χ4v) is 3.09. The van der Waals surface area contributed by atoms with E-state index in [1.165, 1.54) is 11.3 Å². The van der Waals surface area contributed by atoms with Crippen molar-refractivity contribution in [2.45, 2.75) is 33.4 Å². The number of hydrogen-bond donors (Lipinski definition) is 0. The maximum atomic E-state index is 4.04. The molecule has 22 heavy (non-hydrogen) atoms. The van der Waals surface area contributed by atoms with Crippen LogP contribution in [0.4, 0.5) is 5.69 Å². The van der Waals surface area contributed by atoms with Crippen LogP contribution in [0.5, 0.6) is 0 Å². The molecule has 1 fully saturated rings. The van der Waals surface area contributed by atoms with Crippen molar-refractivity contribution in [1.82, 2.24) is 19.7 Å². The van der Waals surface area contributed by atoms with Crippen molar-refractivity contribution in [3.8, 4) is 0 Å². The molecule has 3 rings (SSSR count). The molecule has 1 aromatic carbocycles. The van der Waals surface area contributed by atoms with Gasteiger partial charge in [-0.2, -0.15) is 0 Å². The second-order valence-corrected chi connectivity index (χ2v) is 6.24. The number of anilines is 1. The molecule has 0 bridgehead atoms. The van der Waals surface area contributed by atoms with Crippen LogP contribution >= 0.6 is 0 Å². The first-order valence-corrected chi connectivity index (χ1v) is 8.03. The largest absolute Gasteiger partial charge is 0.369 e. The van der Waals surface area contributed by atoms with Crippen molar-refractivity contribution in [2.75, 3.05) is 31.1 Å². The van der Waals surface area contributed by atoms with E-state index in [0.29, 0.717) is 6.04 Å². The van der Waals surface area contributed by atoms with Gasteiger partial charge in [0.15, 0.2) is 0 Å². The Hall–Kier alpha value is -1.88. The number of rotatable bonds is 4. The van der Waals surface area contributed by atoms with Crippen molar-refractivity contribution in [1.29, 1.82) is 0 Å². The summed E-state index contributed by atoms with van der Waals surface area (Å²) in [6.07, 6.45) is 1.82. The summed E-state index contributed by atoms with van der Waals surface area (Å²) in [5.41, 5.74) is 2.66. The van der Waals surface area contributed by atoms with E-state index in [0.717, 1.165) is 38.5 Å². The molecule has 118 valence electrons. The lowest BCUT2D eigenvalue weighted by Gasteiger charge is -2.41. The molecule has 1 aromatic heterocycles. The van der Waals surface area contributed by atoms with Crippen LogP contribution in [0.3, 0.4) is 0 Å². The summed E-state index contributed by atoms with van der Waals surface area (Å²) in [5.74, 6) is 0.992. The van der Waals surface area contributed by atoms with Crippen LogP contribution in [0, 0.1) is 13.8 Å². The van der Waals surface area contributed by atoms with Crippen molar-refractivity contribution >= 4 is 5.69 Å². The predicted octanol–water partition coefficient (Wildman–Crippen LogP) is 2.11. The van der Waals surface area contributed by atoms with Gasteiger partial charge in [0, 0.05) is 44.5 Å². The van der Waals surface area contributed by atoms with Gasteiger partial charge in [0.05, 0.1) is 0 Å². The molecular weight excluding hydrogens is 274 g/mol. The van der Waals surface area contributed by atoms with Gasteiger partial charge in [-0.1, -0.05) is 17.7 Å². The van der Waals surface area contributed by atoms with Gasteiger partial charge < -0.3 is 9.47 Å². The van der Waals surface area contributed by atoms with Gasteiger partial charge in [-0.05, 0) is 32.9 Å². The molecule has 2 aromatic rings. The van der Waals surface area contributed by atoms with Crippen molar-refractivity contribution < 1.29 is 0 Å². The minimum absolute atomic E-state index is 0.562. The third-order valence-electron chi connectivity index (χ3n) is 4.60. The van der Waals surface area contributed by atoms with Crippen LogP contribution in [0.2, 0.25) is 0 Å². The molecule has 0 unspecified atom stereocenters. The second-order valence-electron chi connectivity index (χ2n) is 6.24. The fraction of sp³-hybridized carbons (Fsp3) is 0.529. The first-order valence-electron chi connectivity index (χ1n) is 8.03. The van der Waals surface area contributed by atoms with Crippen LogP contribution in [-0.4, -0.2) is 51.9 Å². The third-order valence-corrected chi connectivity index (χ3v) is 4.60. The molecule has 1 atom stereocenters. The number of aryl methyl sites for hydroxylation is 2. The average molecular weight is 299 g/mol. The fourth-order valence-electron chi connectivity index (χ4n) is 3.09. The Labute approximate surface area is 132 Å². The van der Waals surface area contributed by atoms with Crippen LogP contribution in [-0.2, 0) is 6.54 Å². The highest BCUT2D eigenvalue weighted by Gasteiger charge is 2.23. The van der Waals surface area contributed by atoms with Crippen molar-refractivity contribution in [3.05, 3.63) is 42.0 Å². The van der Waals surface area contributed by atoms with Crippen LogP contribution in [0.1, 0.15) is 18.3 Å². The van der Waals surface area contributed by atoms with E-state index in [1.54, 1.807) is 0 Å². The van der Waals surface area contributed by atoms with Crippen LogP contribution in [0.15, 0.2) is 30.6 Å². The molecule has 0 spiro atoms. The van der Waals surface area contributed by atoms with E-state index >= 15 is 0 Å². The lowest BCUT2D eigenvalue weighted by atomic mass is 10.1. The lowest BCUT2D eigenvalue weighted by molar-refractivity contribution is 0.182. The first-order chi connectivity index (χ1) is 10.6. The first kappa shape index (κ1) is 15.0. The molecule has 1 saturated heterocycles. The van der Waals surface area contributed by atoms with Crippen molar-refractivity contribution in [2.24, 2.45) is 0 Å². The van der Waals surface area contributed by atoms with E-state index in [-0.39, 0.29) is 0 Å². The number of nitrogens with zero attached hydrogens (tertiary/aromatic N) is 5. The molecule has 1 aliphatic heterocycles. The summed E-state index contributed by atoms with van der Waals surface area (Å²) in [6, 6.07) is 9.42. The van der Waals surface area contributed by atoms with Gasteiger partial charge in [-0.3, -0.25) is 4.90 Å². The number of piperazine rings is 1. The number of aromatic nitrogens is 3. The molecule has 2 heterocycles. The Bertz CT molecular complexity index is 604. The highest BCUT2D eigenvalue weighted by molar-refractivity contribution is 5.48. The highest BCUT2D eigenvalue weighted by atomic mass is 15.3. The monoisotopic (exact) mass is 299 g/mol. The zero-order chi connectivity index (χ0) is 15.5. The molecule has 0 radical (unpaired) electrons. The van der Waals surface area contributed by atoms with Gasteiger partial charge in [-0.25, -0.2) is 0 Å². The van der Waals surface area contributed by atoms with E-state index in [9.17, 15) is 0 Å². The second kappa shape index (κ2) is 6.48. The summed E-state index contributed by atoms with van der Waals surface area (Å²) in [7, 11) is 0. The molecule has 1 aliphatic rings. The molecule has 5 heteroatoms. The topological polar surface area (TPSA) is 37.2 Å². The summed E-state index contributed by atoms with van der Waals surface area (Å²) in [4.78, 5) is 5.05. The minimum Gasteiger partial charge on any atom is -0.369 e. The standard InChI is InChI=1S/C17H25N5/c1-14-4-6-17(7-5-14)21-10-8-20(15(2)12-21)9-11-22-13-18-19-16(22)3/h4-7,13,15H,8-12H2,1-3H3/t15-/m1/s1. The van der Waals surface area contributed by atoms with E-state index < -0.39 is 0 Å². The van der Waals surface area contributed by atoms with E-state index in [2.05, 4.69) is 62.7 Å². The molecule has 5 nitrogen and oxygen atoms in total. The predicted molar refractivity (Wildman–Crippen MR) is 89.2 cm³/mol. The highest BCUT2D eigenvalue weighted by Crippen LogP contribution is 2.19. The van der Waals surface area contributed by atoms with Gasteiger partial charge in [-0.15, -0.1) is 10.2 Å². The molecular formula is C17H25N5. The zero-order valence-corrected chi connectivity index (χ0v) is 13.7. The number of hydrogen-bond acceptors (Lipinski definition) is 4. The summed E-state index contributed by atoms with van der Waals surface area (Å²) in [6.45, 7) is 11.8. The smallest absolute Gasteiger partial charge is 0.129 e. The Morgan fingerprint density at radius 3 is 2.50 bits per heavy atom. The summed E-state index contributed by atoms with van der Waals surface area (Å²) in [5, 5.41) is 7.99. The normalized spacial score (nSPS) is 19.6. The van der Waals surface area contributed by atoms with E-state index in [1.807, 2.05) is 13.3 Å².